The quantitative estimate of drug-likeness (QED) is 0.788. The van der Waals surface area contributed by atoms with Gasteiger partial charge >= 0.3 is 0 Å². The van der Waals surface area contributed by atoms with Gasteiger partial charge in [0.05, 0.1) is 15.1 Å². The van der Waals surface area contributed by atoms with E-state index in [4.69, 9.17) is 39.5 Å². The van der Waals surface area contributed by atoms with Gasteiger partial charge in [-0.1, -0.05) is 47.8 Å². The normalized spacial score (nSPS) is 10.6. The number of nitrogens with zero attached hydrogens (tertiary/aromatic N) is 1. The third-order valence-corrected chi connectivity index (χ3v) is 3.58. The standard InChI is InChI=1S/C14H13Cl3N2O/c1-2-18-7-9-3-4-14(19-8-9)20-13-6-11(16)10(15)5-12(13)17/h3-6,8,18H,2,7H2,1H3. The maximum atomic E-state index is 6.05. The molecule has 0 unspecified atom stereocenters. The minimum absolute atomic E-state index is 0.384. The van der Waals surface area contributed by atoms with Gasteiger partial charge in [0.25, 0.3) is 0 Å². The summed E-state index contributed by atoms with van der Waals surface area (Å²) in [6.07, 6.45) is 1.75. The molecule has 0 aliphatic heterocycles. The summed E-state index contributed by atoms with van der Waals surface area (Å²) in [6, 6.07) is 6.84. The number of nitrogens with one attached hydrogen (secondary N) is 1. The van der Waals surface area contributed by atoms with Crippen LogP contribution >= 0.6 is 34.8 Å². The van der Waals surface area contributed by atoms with Crippen LogP contribution in [0.5, 0.6) is 11.6 Å². The second-order valence-corrected chi connectivity index (χ2v) is 5.31. The van der Waals surface area contributed by atoms with E-state index in [-0.39, 0.29) is 0 Å². The van der Waals surface area contributed by atoms with Crippen molar-refractivity contribution in [2.24, 2.45) is 0 Å². The summed E-state index contributed by atoms with van der Waals surface area (Å²) in [6.45, 7) is 3.74. The molecule has 0 aliphatic carbocycles. The molecule has 1 aromatic heterocycles. The molecule has 0 radical (unpaired) electrons. The molecular formula is C14H13Cl3N2O. The lowest BCUT2D eigenvalue weighted by atomic mass is 10.3. The molecule has 0 saturated carbocycles. The van der Waals surface area contributed by atoms with Gasteiger partial charge in [-0.25, -0.2) is 4.98 Å². The molecule has 0 amide bonds. The zero-order valence-corrected chi connectivity index (χ0v) is 13.1. The minimum Gasteiger partial charge on any atom is -0.437 e. The highest BCUT2D eigenvalue weighted by Gasteiger charge is 2.08. The Hall–Kier alpha value is -1.000. The summed E-state index contributed by atoms with van der Waals surface area (Å²) in [7, 11) is 0. The monoisotopic (exact) mass is 330 g/mol. The van der Waals surface area contributed by atoms with Gasteiger partial charge in [0.15, 0.2) is 0 Å². The maximum absolute atomic E-state index is 6.05. The number of hydrogen-bond donors (Lipinski definition) is 1. The maximum Gasteiger partial charge on any atom is 0.219 e. The van der Waals surface area contributed by atoms with Gasteiger partial charge in [-0.15, -0.1) is 0 Å². The van der Waals surface area contributed by atoms with Crippen LogP contribution in [-0.2, 0) is 6.54 Å². The average molecular weight is 332 g/mol. The van der Waals surface area contributed by atoms with Crippen molar-refractivity contribution >= 4 is 34.8 Å². The summed E-state index contributed by atoms with van der Waals surface area (Å²) in [5.74, 6) is 0.874. The third-order valence-electron chi connectivity index (χ3n) is 2.57. The van der Waals surface area contributed by atoms with Crippen LogP contribution in [0.15, 0.2) is 30.5 Å². The Bertz CT molecular complexity index is 588. The largest absolute Gasteiger partial charge is 0.437 e. The van der Waals surface area contributed by atoms with Gasteiger partial charge < -0.3 is 10.1 Å². The van der Waals surface area contributed by atoms with Crippen molar-refractivity contribution in [3.63, 3.8) is 0 Å². The van der Waals surface area contributed by atoms with Crippen LogP contribution in [0.25, 0.3) is 0 Å². The van der Waals surface area contributed by atoms with Crippen molar-refractivity contribution in [1.82, 2.24) is 10.3 Å². The fourth-order valence-electron chi connectivity index (χ4n) is 1.54. The van der Waals surface area contributed by atoms with Crippen molar-refractivity contribution in [3.05, 3.63) is 51.1 Å². The van der Waals surface area contributed by atoms with E-state index < -0.39 is 0 Å². The van der Waals surface area contributed by atoms with Gasteiger partial charge in [0, 0.05) is 24.9 Å². The summed E-state index contributed by atoms with van der Waals surface area (Å²) in [5.41, 5.74) is 1.08. The Balaban J connectivity index is 2.12. The Labute approximate surface area is 132 Å². The third kappa shape index (κ3) is 4.00. The number of halogens is 3. The first-order valence-electron chi connectivity index (χ1n) is 6.08. The van der Waals surface area contributed by atoms with Crippen LogP contribution in [0.2, 0.25) is 15.1 Å². The van der Waals surface area contributed by atoms with Crippen LogP contribution in [0.3, 0.4) is 0 Å². The first kappa shape index (κ1) is 15.4. The highest BCUT2D eigenvalue weighted by atomic mass is 35.5. The number of aromatic nitrogens is 1. The highest BCUT2D eigenvalue weighted by Crippen LogP contribution is 2.35. The molecule has 106 valence electrons. The molecule has 3 nitrogen and oxygen atoms in total. The molecule has 0 fully saturated rings. The fourth-order valence-corrected chi connectivity index (χ4v) is 2.12. The van der Waals surface area contributed by atoms with Gasteiger partial charge in [-0.05, 0) is 18.2 Å². The smallest absolute Gasteiger partial charge is 0.219 e. The topological polar surface area (TPSA) is 34.1 Å². The predicted molar refractivity (Wildman–Crippen MR) is 83.2 cm³/mol. The summed E-state index contributed by atoms with van der Waals surface area (Å²) < 4.78 is 5.60. The van der Waals surface area contributed by atoms with Crippen LogP contribution in [-0.4, -0.2) is 11.5 Å². The Morgan fingerprint density at radius 1 is 1.10 bits per heavy atom. The average Bonchev–Trinajstić information content (AvgIpc) is 2.44. The van der Waals surface area contributed by atoms with Gasteiger partial charge in [0.2, 0.25) is 5.88 Å². The minimum atomic E-state index is 0.384. The summed E-state index contributed by atoms with van der Waals surface area (Å²) in [5, 5.41) is 4.38. The molecule has 0 aliphatic rings. The molecule has 0 spiro atoms. The first-order chi connectivity index (χ1) is 9.60. The van der Waals surface area contributed by atoms with E-state index in [0.29, 0.717) is 26.7 Å². The molecule has 6 heteroatoms. The van der Waals surface area contributed by atoms with Crippen LogP contribution in [0.1, 0.15) is 12.5 Å². The molecule has 2 rings (SSSR count). The molecule has 0 atom stereocenters. The SMILES string of the molecule is CCNCc1ccc(Oc2cc(Cl)c(Cl)cc2Cl)nc1. The van der Waals surface area contributed by atoms with E-state index in [9.17, 15) is 0 Å². The number of benzene rings is 1. The van der Waals surface area contributed by atoms with Crippen LogP contribution < -0.4 is 10.1 Å². The zero-order valence-electron chi connectivity index (χ0n) is 10.8. The molecule has 0 bridgehead atoms. The van der Waals surface area contributed by atoms with E-state index in [2.05, 4.69) is 17.2 Å². The first-order valence-corrected chi connectivity index (χ1v) is 7.21. The van der Waals surface area contributed by atoms with Crippen LogP contribution in [0.4, 0.5) is 0 Å². The van der Waals surface area contributed by atoms with Crippen LogP contribution in [0, 0.1) is 0 Å². The van der Waals surface area contributed by atoms with Gasteiger partial charge in [-0.2, -0.15) is 0 Å². The number of hydrogen-bond acceptors (Lipinski definition) is 3. The molecule has 20 heavy (non-hydrogen) atoms. The van der Waals surface area contributed by atoms with Gasteiger partial charge in [-0.3, -0.25) is 0 Å². The van der Waals surface area contributed by atoms with Crippen molar-refractivity contribution in [1.29, 1.82) is 0 Å². The van der Waals surface area contributed by atoms with Crippen molar-refractivity contribution < 1.29 is 4.74 Å². The van der Waals surface area contributed by atoms with Crippen molar-refractivity contribution in [3.8, 4) is 11.6 Å². The number of rotatable bonds is 5. The number of ether oxygens (including phenoxy) is 1. The lowest BCUT2D eigenvalue weighted by Gasteiger charge is -2.09. The van der Waals surface area contributed by atoms with Gasteiger partial charge in [0.1, 0.15) is 5.75 Å². The zero-order chi connectivity index (χ0) is 14.5. The van der Waals surface area contributed by atoms with E-state index in [0.717, 1.165) is 18.7 Å². The fraction of sp³-hybridized carbons (Fsp3) is 0.214. The Morgan fingerprint density at radius 3 is 2.50 bits per heavy atom. The lowest BCUT2D eigenvalue weighted by Crippen LogP contribution is -2.11. The molecule has 0 saturated heterocycles. The van der Waals surface area contributed by atoms with E-state index in [1.807, 2.05) is 6.07 Å². The Kier molecular flexibility index (Phi) is 5.49. The van der Waals surface area contributed by atoms with E-state index in [1.54, 1.807) is 24.4 Å². The molecule has 1 aromatic carbocycles. The molecule has 1 heterocycles. The van der Waals surface area contributed by atoms with Crippen molar-refractivity contribution in [2.75, 3.05) is 6.54 Å². The second-order valence-electron chi connectivity index (χ2n) is 4.08. The van der Waals surface area contributed by atoms with E-state index >= 15 is 0 Å². The van der Waals surface area contributed by atoms with Crippen molar-refractivity contribution in [2.45, 2.75) is 13.5 Å². The molecular weight excluding hydrogens is 319 g/mol. The summed E-state index contributed by atoms with van der Waals surface area (Å²) in [4.78, 5) is 4.22. The number of pyridine rings is 1. The lowest BCUT2D eigenvalue weighted by molar-refractivity contribution is 0.462. The highest BCUT2D eigenvalue weighted by molar-refractivity contribution is 6.43. The predicted octanol–water partition coefficient (Wildman–Crippen LogP) is 4.94. The molecule has 2 aromatic rings. The Morgan fingerprint density at radius 2 is 1.85 bits per heavy atom. The second kappa shape index (κ2) is 7.14. The molecule has 1 N–H and O–H groups in total. The summed E-state index contributed by atoms with van der Waals surface area (Å²) >= 11 is 17.8. The van der Waals surface area contributed by atoms with E-state index in [1.165, 1.54) is 0 Å².